The first-order valence-electron chi connectivity index (χ1n) is 20.4. The van der Waals surface area contributed by atoms with Crippen molar-refractivity contribution in [3.8, 4) is 17.1 Å². The van der Waals surface area contributed by atoms with Gasteiger partial charge in [-0.3, -0.25) is 19.2 Å². The zero-order chi connectivity index (χ0) is 44.2. The highest BCUT2D eigenvalue weighted by molar-refractivity contribution is 7.85. The van der Waals surface area contributed by atoms with E-state index in [9.17, 15) is 27.6 Å². The smallest absolute Gasteiger partial charge is 0.362 e. The van der Waals surface area contributed by atoms with Gasteiger partial charge in [-0.1, -0.05) is 51.8 Å². The monoisotopic (exact) mass is 888 g/mol. The molecular formula is C42H57ClN6O9S2. The highest BCUT2D eigenvalue weighted by Crippen LogP contribution is 2.47. The third-order valence-corrected chi connectivity index (χ3v) is 13.2. The number of anilines is 1. The number of pyridine rings is 1. The van der Waals surface area contributed by atoms with Crippen LogP contribution in [0.5, 0.6) is 5.75 Å². The van der Waals surface area contributed by atoms with Crippen LogP contribution >= 0.6 is 22.9 Å². The summed E-state index contributed by atoms with van der Waals surface area (Å²) in [4.78, 5) is 67.3. The van der Waals surface area contributed by atoms with Gasteiger partial charge in [0.25, 0.3) is 5.91 Å². The minimum Gasteiger partial charge on any atom is -0.488 e. The molecule has 18 heteroatoms. The number of para-hydroxylation sites is 1. The minimum absolute atomic E-state index is 0.00794. The van der Waals surface area contributed by atoms with Gasteiger partial charge >= 0.3 is 16.3 Å². The molecule has 3 heterocycles. The number of esters is 1. The Bertz CT molecular complexity index is 2270. The van der Waals surface area contributed by atoms with E-state index in [1.165, 1.54) is 16.2 Å². The molecule has 3 aliphatic rings. The molecule has 3 aromatic rings. The zero-order valence-corrected chi connectivity index (χ0v) is 38.3. The van der Waals surface area contributed by atoms with Crippen LogP contribution in [-0.4, -0.2) is 88.4 Å². The second-order valence-corrected chi connectivity index (χ2v) is 21.4. The van der Waals surface area contributed by atoms with Crippen LogP contribution in [0.2, 0.25) is 5.02 Å². The lowest BCUT2D eigenvalue weighted by Gasteiger charge is -2.35. The van der Waals surface area contributed by atoms with Crippen LogP contribution < -0.4 is 20.1 Å². The quantitative estimate of drug-likeness (QED) is 0.136. The van der Waals surface area contributed by atoms with Crippen molar-refractivity contribution < 1.29 is 41.3 Å². The Morgan fingerprint density at radius 1 is 1.07 bits per heavy atom. The molecule has 3 amide bonds. The Morgan fingerprint density at radius 3 is 2.37 bits per heavy atom. The number of aromatic nitrogens is 2. The molecule has 2 aromatic heterocycles. The van der Waals surface area contributed by atoms with Gasteiger partial charge in [0.1, 0.15) is 34.7 Å². The highest BCUT2D eigenvalue weighted by atomic mass is 35.5. The van der Waals surface area contributed by atoms with Crippen molar-refractivity contribution in [2.45, 2.75) is 143 Å². The Labute approximate surface area is 361 Å². The molecule has 1 aliphatic heterocycles. The van der Waals surface area contributed by atoms with E-state index in [0.717, 1.165) is 5.13 Å². The van der Waals surface area contributed by atoms with Crippen molar-refractivity contribution in [1.82, 2.24) is 24.9 Å². The Kier molecular flexibility index (Phi) is 12.6. The fraction of sp³-hybridized carbons (Fsp3) is 0.619. The molecule has 328 valence electrons. The van der Waals surface area contributed by atoms with Crippen LogP contribution in [0.1, 0.15) is 108 Å². The van der Waals surface area contributed by atoms with E-state index in [1.54, 1.807) is 45.9 Å². The fourth-order valence-corrected chi connectivity index (χ4v) is 9.76. The predicted molar refractivity (Wildman–Crippen MR) is 230 cm³/mol. The van der Waals surface area contributed by atoms with Gasteiger partial charge in [-0.2, -0.15) is 8.42 Å². The van der Waals surface area contributed by atoms with E-state index in [1.807, 2.05) is 57.7 Å². The number of hydrogen-bond donors (Lipinski definition) is 3. The maximum Gasteiger partial charge on any atom is 0.362 e. The Balaban J connectivity index is 1.33. The molecule has 60 heavy (non-hydrogen) atoms. The van der Waals surface area contributed by atoms with Crippen LogP contribution in [0.15, 0.2) is 29.6 Å². The summed E-state index contributed by atoms with van der Waals surface area (Å²) < 4.78 is 45.4. The molecule has 1 saturated heterocycles. The average Bonchev–Trinajstić information content (AvgIpc) is 3.88. The fourth-order valence-electron chi connectivity index (χ4n) is 7.55. The number of rotatable bonds is 15. The van der Waals surface area contributed by atoms with E-state index in [-0.39, 0.29) is 37.8 Å². The lowest BCUT2D eigenvalue weighted by molar-refractivity contribution is -0.161. The minimum atomic E-state index is -4.48. The molecule has 0 radical (unpaired) electrons. The molecule has 0 bridgehead atoms. The number of halogens is 1. The first kappa shape index (κ1) is 45.5. The van der Waals surface area contributed by atoms with Gasteiger partial charge in [0, 0.05) is 29.3 Å². The van der Waals surface area contributed by atoms with Crippen LogP contribution in [0.3, 0.4) is 0 Å². The number of likely N-dealkylation sites (tertiary alicyclic amines) is 1. The highest BCUT2D eigenvalue weighted by Gasteiger charge is 2.62. The summed E-state index contributed by atoms with van der Waals surface area (Å²) in [6, 6.07) is 6.08. The van der Waals surface area contributed by atoms with Gasteiger partial charge < -0.3 is 25.0 Å². The predicted octanol–water partition coefficient (Wildman–Crippen LogP) is 6.79. The van der Waals surface area contributed by atoms with E-state index in [2.05, 4.69) is 10.6 Å². The molecule has 2 aliphatic carbocycles. The Hall–Kier alpha value is -4.06. The maximum atomic E-state index is 14.8. The number of thiazole rings is 1. The third kappa shape index (κ3) is 10.5. The van der Waals surface area contributed by atoms with Gasteiger partial charge in [-0.15, -0.1) is 11.3 Å². The van der Waals surface area contributed by atoms with Gasteiger partial charge in [0.05, 0.1) is 40.7 Å². The van der Waals surface area contributed by atoms with Crippen LogP contribution in [0.4, 0.5) is 5.13 Å². The molecule has 5 atom stereocenters. The van der Waals surface area contributed by atoms with E-state index in [0.29, 0.717) is 52.3 Å². The number of carbonyl (C=O) groups excluding carboxylic acids is 4. The summed E-state index contributed by atoms with van der Waals surface area (Å²) in [5.41, 5.74) is -2.38. The third-order valence-electron chi connectivity index (χ3n) is 11.0. The second kappa shape index (κ2) is 16.7. The number of benzene rings is 1. The van der Waals surface area contributed by atoms with Crippen LogP contribution in [-0.2, 0) is 38.4 Å². The lowest BCUT2D eigenvalue weighted by atomic mass is 9.77. The van der Waals surface area contributed by atoms with Crippen LogP contribution in [0.25, 0.3) is 22.3 Å². The number of hydrogen-bond acceptors (Lipinski definition) is 13. The summed E-state index contributed by atoms with van der Waals surface area (Å²) in [5.74, 6) is -3.46. The number of carbonyl (C=O) groups is 4. The van der Waals surface area contributed by atoms with Gasteiger partial charge in [0.2, 0.25) is 11.8 Å². The largest absolute Gasteiger partial charge is 0.488 e. The summed E-state index contributed by atoms with van der Waals surface area (Å²) >= 11 is 8.12. The molecule has 0 spiro atoms. The van der Waals surface area contributed by atoms with Crippen LogP contribution in [0, 0.1) is 17.3 Å². The Morgan fingerprint density at radius 2 is 1.77 bits per heavy atom. The van der Waals surface area contributed by atoms with Crippen molar-refractivity contribution in [3.63, 3.8) is 0 Å². The summed E-state index contributed by atoms with van der Waals surface area (Å²) in [6.45, 7) is 18.2. The topological polar surface area (TPSA) is 195 Å². The molecule has 15 nitrogen and oxygen atoms in total. The van der Waals surface area contributed by atoms with E-state index < -0.39 is 74.2 Å². The summed E-state index contributed by atoms with van der Waals surface area (Å²) in [7, 11) is -4.48. The number of nitrogens with zero attached hydrogens (tertiary/aromatic N) is 3. The van der Waals surface area contributed by atoms with Gasteiger partial charge in [0.15, 0.2) is 5.13 Å². The average molecular weight is 890 g/mol. The first-order valence-corrected chi connectivity index (χ1v) is 23.1. The van der Waals surface area contributed by atoms with E-state index in [4.69, 9.17) is 35.2 Å². The molecule has 0 unspecified atom stereocenters. The SMILES string of the molecule is CC[C@@H]1C[C@]1(NC(=O)[C@@H]1C[C@@H](Oc2cc(-c3csc(NC(C)C)n3)nc3c(Cl)cccc23)CN1C(=O)[C@@H](CC(=O)OC(C)(C)C)C(C)(C)C)C(=O)NS(=O)(=O)OC1(C)CC1. The van der Waals surface area contributed by atoms with Gasteiger partial charge in [-0.25, -0.2) is 18.9 Å². The van der Waals surface area contributed by atoms with Crippen molar-refractivity contribution in [2.24, 2.45) is 17.3 Å². The van der Waals surface area contributed by atoms with Crippen molar-refractivity contribution in [2.75, 3.05) is 11.9 Å². The maximum absolute atomic E-state index is 14.8. The molecule has 3 N–H and O–H groups in total. The van der Waals surface area contributed by atoms with Crippen molar-refractivity contribution >= 4 is 73.0 Å². The normalized spacial score (nSPS) is 22.9. The number of ether oxygens (including phenoxy) is 2. The van der Waals surface area contributed by atoms with Gasteiger partial charge in [-0.05, 0) is 84.3 Å². The molecule has 2 saturated carbocycles. The molecular weight excluding hydrogens is 832 g/mol. The van der Waals surface area contributed by atoms with Crippen molar-refractivity contribution in [1.29, 1.82) is 0 Å². The summed E-state index contributed by atoms with van der Waals surface area (Å²) in [6.07, 6.45) is 0.743. The molecule has 6 rings (SSSR count). The number of fused-ring (bicyclic) bond motifs is 1. The number of nitrogens with one attached hydrogen (secondary N) is 3. The summed E-state index contributed by atoms with van der Waals surface area (Å²) in [5, 5.41) is 9.76. The zero-order valence-electron chi connectivity index (χ0n) is 35.9. The number of amides is 3. The molecule has 3 fully saturated rings. The first-order chi connectivity index (χ1) is 27.8. The second-order valence-electron chi connectivity index (χ2n) is 18.9. The van der Waals surface area contributed by atoms with Crippen molar-refractivity contribution in [3.05, 3.63) is 34.7 Å². The lowest BCUT2D eigenvalue weighted by Crippen LogP contribution is -2.57. The molecule has 1 aromatic carbocycles. The standard InChI is InChI=1S/C42H57ClN6O9S2/c1-11-24-20-42(24,37(53)48-60(54,55)58-41(10)15-16-41)47-35(51)31-17-25(21-49(31)36(52)27(39(4,5)6)18-33(50)57-40(7,8)9)56-32-19-29(30-22-59-38(46-30)44-23(2)3)45-34-26(32)13-12-14-28(34)43/h12-14,19,22-25,27,31H,11,15-18,20-21H2,1-10H3,(H,44,46)(H,47,51)(H,48,53)/t24-,25-,27-,31+,42-/m1/s1. The van der Waals surface area contributed by atoms with E-state index >= 15 is 0 Å².